The molecular weight excluding hydrogens is 438 g/mol. The SMILES string of the molecule is CC(NC(=O)CN1CCC(c2nn(C)c(=O)n2-c2ccccc2)CC1)C12CC3CC(CC(C3)C1)C2. The lowest BCUT2D eigenvalue weighted by molar-refractivity contribution is -0.127. The molecule has 1 aliphatic heterocycles. The van der Waals surface area contributed by atoms with E-state index in [9.17, 15) is 9.59 Å². The molecule has 1 atom stereocenters. The van der Waals surface area contributed by atoms with Crippen LogP contribution in [-0.4, -0.2) is 50.8 Å². The number of hydrogen-bond donors (Lipinski definition) is 1. The van der Waals surface area contributed by atoms with Gasteiger partial charge >= 0.3 is 5.69 Å². The summed E-state index contributed by atoms with van der Waals surface area (Å²) in [5.41, 5.74) is 1.10. The van der Waals surface area contributed by atoms with Crippen LogP contribution in [0.15, 0.2) is 35.1 Å². The third-order valence-electron chi connectivity index (χ3n) is 9.67. The fourth-order valence-electron chi connectivity index (χ4n) is 8.27. The van der Waals surface area contributed by atoms with Gasteiger partial charge in [0.15, 0.2) is 0 Å². The second kappa shape index (κ2) is 8.91. The van der Waals surface area contributed by atoms with E-state index in [-0.39, 0.29) is 23.6 Å². The number of hydrogen-bond acceptors (Lipinski definition) is 4. The first-order valence-corrected chi connectivity index (χ1v) is 13.6. The van der Waals surface area contributed by atoms with E-state index in [1.54, 1.807) is 11.6 Å². The van der Waals surface area contributed by atoms with E-state index in [1.165, 1.54) is 43.2 Å². The van der Waals surface area contributed by atoms with Crippen LogP contribution in [0.2, 0.25) is 0 Å². The van der Waals surface area contributed by atoms with Crippen LogP contribution in [0.25, 0.3) is 5.69 Å². The Morgan fingerprint density at radius 3 is 2.26 bits per heavy atom. The number of carbonyl (C=O) groups is 1. The number of para-hydroxylation sites is 1. The molecule has 7 heteroatoms. The van der Waals surface area contributed by atoms with Gasteiger partial charge in [-0.05, 0) is 107 Å². The molecular formula is C28H39N5O2. The van der Waals surface area contributed by atoms with Crippen LogP contribution in [-0.2, 0) is 11.8 Å². The van der Waals surface area contributed by atoms with Crippen molar-refractivity contribution < 1.29 is 4.79 Å². The summed E-state index contributed by atoms with van der Waals surface area (Å²) in [5.74, 6) is 3.93. The molecule has 4 aliphatic carbocycles. The lowest BCUT2D eigenvalue weighted by Gasteiger charge is -2.59. The zero-order valence-electron chi connectivity index (χ0n) is 21.2. The Hall–Kier alpha value is -2.41. The van der Waals surface area contributed by atoms with Crippen molar-refractivity contribution in [3.05, 3.63) is 46.6 Å². The molecule has 1 unspecified atom stereocenters. The highest BCUT2D eigenvalue weighted by molar-refractivity contribution is 5.78. The average molecular weight is 478 g/mol. The number of carbonyl (C=O) groups excluding carboxylic acids is 1. The van der Waals surface area contributed by atoms with Gasteiger partial charge in [0.25, 0.3) is 0 Å². The minimum absolute atomic E-state index is 0.105. The molecule has 5 fully saturated rings. The maximum Gasteiger partial charge on any atom is 0.350 e. The largest absolute Gasteiger partial charge is 0.352 e. The summed E-state index contributed by atoms with van der Waals surface area (Å²) in [6, 6.07) is 10.0. The van der Waals surface area contributed by atoms with Crippen molar-refractivity contribution in [3.63, 3.8) is 0 Å². The minimum Gasteiger partial charge on any atom is -0.352 e. The monoisotopic (exact) mass is 477 g/mol. The molecule has 1 amide bonds. The Morgan fingerprint density at radius 1 is 1.06 bits per heavy atom. The Morgan fingerprint density at radius 2 is 1.66 bits per heavy atom. The van der Waals surface area contributed by atoms with Crippen LogP contribution in [0.3, 0.4) is 0 Å². The van der Waals surface area contributed by atoms with E-state index in [1.807, 2.05) is 30.3 Å². The van der Waals surface area contributed by atoms with Crippen LogP contribution < -0.4 is 11.0 Å². The molecule has 5 aliphatic rings. The van der Waals surface area contributed by atoms with Crippen molar-refractivity contribution >= 4 is 5.91 Å². The van der Waals surface area contributed by atoms with Crippen molar-refractivity contribution in [2.45, 2.75) is 70.3 Å². The average Bonchev–Trinajstić information content (AvgIpc) is 3.13. The van der Waals surface area contributed by atoms with Gasteiger partial charge < -0.3 is 5.32 Å². The van der Waals surface area contributed by atoms with Gasteiger partial charge in [0.2, 0.25) is 5.91 Å². The predicted octanol–water partition coefficient (Wildman–Crippen LogP) is 3.47. The number of rotatable bonds is 6. The first-order chi connectivity index (χ1) is 16.9. The van der Waals surface area contributed by atoms with Crippen LogP contribution in [0, 0.1) is 23.2 Å². The summed E-state index contributed by atoms with van der Waals surface area (Å²) in [4.78, 5) is 28.1. The Balaban J connectivity index is 1.06. The predicted molar refractivity (Wildman–Crippen MR) is 135 cm³/mol. The van der Waals surface area contributed by atoms with Crippen molar-refractivity contribution in [1.29, 1.82) is 0 Å². The van der Waals surface area contributed by atoms with Gasteiger partial charge in [-0.3, -0.25) is 9.69 Å². The summed E-state index contributed by atoms with van der Waals surface area (Å²) in [6.45, 7) is 4.44. The van der Waals surface area contributed by atoms with Gasteiger partial charge in [0.05, 0.1) is 12.2 Å². The molecule has 4 saturated carbocycles. The van der Waals surface area contributed by atoms with E-state index in [2.05, 4.69) is 22.2 Å². The molecule has 4 bridgehead atoms. The van der Waals surface area contributed by atoms with E-state index >= 15 is 0 Å². The number of nitrogens with zero attached hydrogens (tertiary/aromatic N) is 4. The van der Waals surface area contributed by atoms with Gasteiger partial charge in [-0.1, -0.05) is 18.2 Å². The number of benzene rings is 1. The van der Waals surface area contributed by atoms with Gasteiger partial charge in [0, 0.05) is 19.0 Å². The molecule has 0 radical (unpaired) electrons. The molecule has 2 aromatic rings. The summed E-state index contributed by atoms with van der Waals surface area (Å²) in [7, 11) is 1.72. The third-order valence-corrected chi connectivity index (χ3v) is 9.67. The molecule has 1 N–H and O–H groups in total. The second-order valence-corrected chi connectivity index (χ2v) is 12.1. The summed E-state index contributed by atoms with van der Waals surface area (Å²) < 4.78 is 3.19. The highest BCUT2D eigenvalue weighted by atomic mass is 16.2. The number of aryl methyl sites for hydroxylation is 1. The summed E-state index contributed by atoms with van der Waals surface area (Å²) >= 11 is 0. The normalized spacial score (nSPS) is 31.5. The third kappa shape index (κ3) is 4.26. The molecule has 7 nitrogen and oxygen atoms in total. The minimum atomic E-state index is -0.105. The van der Waals surface area contributed by atoms with Crippen LogP contribution >= 0.6 is 0 Å². The maximum atomic E-state index is 13.0. The van der Waals surface area contributed by atoms with Crippen LogP contribution in [0.4, 0.5) is 0 Å². The smallest absolute Gasteiger partial charge is 0.350 e. The highest BCUT2D eigenvalue weighted by Gasteiger charge is 2.53. The molecule has 35 heavy (non-hydrogen) atoms. The summed E-state index contributed by atoms with van der Waals surface area (Å²) in [6.07, 6.45) is 10.1. The second-order valence-electron chi connectivity index (χ2n) is 12.1. The lowest BCUT2D eigenvalue weighted by Crippen LogP contribution is -2.56. The molecule has 2 heterocycles. The molecule has 1 saturated heterocycles. The molecule has 0 spiro atoms. The van der Waals surface area contributed by atoms with Gasteiger partial charge in [0.1, 0.15) is 5.82 Å². The number of nitrogens with one attached hydrogen (secondary N) is 1. The zero-order valence-corrected chi connectivity index (χ0v) is 21.2. The fourth-order valence-corrected chi connectivity index (χ4v) is 8.27. The molecule has 1 aromatic heterocycles. The van der Waals surface area contributed by atoms with Crippen LogP contribution in [0.1, 0.15) is 70.0 Å². The number of aromatic nitrogens is 3. The first kappa shape index (κ1) is 23.0. The zero-order chi connectivity index (χ0) is 24.2. The van der Waals surface area contributed by atoms with Gasteiger partial charge in [-0.2, -0.15) is 5.10 Å². The highest BCUT2D eigenvalue weighted by Crippen LogP contribution is 2.61. The van der Waals surface area contributed by atoms with E-state index < -0.39 is 0 Å². The maximum absolute atomic E-state index is 13.0. The van der Waals surface area contributed by atoms with E-state index in [4.69, 9.17) is 0 Å². The Bertz CT molecular complexity index is 1090. The van der Waals surface area contributed by atoms with Gasteiger partial charge in [-0.25, -0.2) is 14.0 Å². The number of piperidine rings is 1. The van der Waals surface area contributed by atoms with Crippen molar-refractivity contribution in [3.8, 4) is 5.69 Å². The molecule has 7 rings (SSSR count). The topological polar surface area (TPSA) is 72.2 Å². The van der Waals surface area contributed by atoms with Gasteiger partial charge in [-0.15, -0.1) is 0 Å². The van der Waals surface area contributed by atoms with Crippen molar-refractivity contribution in [2.24, 2.45) is 30.2 Å². The number of amides is 1. The lowest BCUT2D eigenvalue weighted by atomic mass is 9.48. The standard InChI is InChI=1S/C28H39N5O2/c1-19(28-15-20-12-21(16-28)14-22(13-20)17-28)29-25(34)18-32-10-8-23(9-11-32)26-30-31(2)27(35)33(26)24-6-4-3-5-7-24/h3-7,19-23H,8-18H2,1-2H3,(H,29,34). The van der Waals surface area contributed by atoms with Crippen molar-refractivity contribution in [2.75, 3.05) is 19.6 Å². The van der Waals surface area contributed by atoms with Crippen molar-refractivity contribution in [1.82, 2.24) is 24.6 Å². The van der Waals surface area contributed by atoms with E-state index in [0.29, 0.717) is 12.0 Å². The Labute approximate surface area is 207 Å². The fraction of sp³-hybridized carbons (Fsp3) is 0.679. The first-order valence-electron chi connectivity index (χ1n) is 13.6. The Kier molecular flexibility index (Phi) is 5.86. The molecule has 1 aromatic carbocycles. The molecule has 188 valence electrons. The van der Waals surface area contributed by atoms with Crippen LogP contribution in [0.5, 0.6) is 0 Å². The van der Waals surface area contributed by atoms with E-state index in [0.717, 1.165) is 55.2 Å². The quantitative estimate of drug-likeness (QED) is 0.692. The summed E-state index contributed by atoms with van der Waals surface area (Å²) in [5, 5.41) is 8.02. The number of likely N-dealkylation sites (tertiary alicyclic amines) is 1.